The summed E-state index contributed by atoms with van der Waals surface area (Å²) in [7, 11) is -2.37. The van der Waals surface area contributed by atoms with Crippen LogP contribution in [0.25, 0.3) is 0 Å². The fraction of sp³-hybridized carbons (Fsp3) is 0.222. The van der Waals surface area contributed by atoms with Crippen molar-refractivity contribution in [2.75, 3.05) is 6.26 Å². The summed E-state index contributed by atoms with van der Waals surface area (Å²) in [6.07, 6.45) is 1.58. The van der Waals surface area contributed by atoms with Gasteiger partial charge in [0.1, 0.15) is 0 Å². The Morgan fingerprint density at radius 3 is 2.75 bits per heavy atom. The van der Waals surface area contributed by atoms with Gasteiger partial charge in [-0.3, -0.25) is 0 Å². The summed E-state index contributed by atoms with van der Waals surface area (Å²) < 4.78 is 16.1. The number of aromatic amines is 1. The average molecular weight is 237 g/mol. The Kier molecular flexibility index (Phi) is 2.95. The van der Waals surface area contributed by atoms with Crippen molar-refractivity contribution in [3.05, 3.63) is 35.9 Å². The molecule has 7 heteroatoms. The van der Waals surface area contributed by atoms with E-state index in [1.165, 1.54) is 0 Å². The zero-order chi connectivity index (χ0) is 11.4. The Balaban J connectivity index is 2.24. The molecule has 0 amide bonds. The lowest BCUT2D eigenvalue weighted by atomic mass is 10.2. The van der Waals surface area contributed by atoms with Crippen molar-refractivity contribution in [2.45, 2.75) is 5.75 Å². The third-order valence-electron chi connectivity index (χ3n) is 1.89. The molecule has 6 nitrogen and oxygen atoms in total. The normalized spacial score (nSPS) is 14.3. The molecule has 1 heterocycles. The van der Waals surface area contributed by atoms with Gasteiger partial charge in [-0.25, -0.2) is 4.21 Å². The van der Waals surface area contributed by atoms with Gasteiger partial charge in [0.2, 0.25) is 0 Å². The average Bonchev–Trinajstić information content (AvgIpc) is 2.70. The van der Waals surface area contributed by atoms with Gasteiger partial charge in [0, 0.05) is 6.26 Å². The number of hydrogen-bond donors (Lipinski definition) is 1. The molecule has 0 aliphatic rings. The van der Waals surface area contributed by atoms with E-state index in [0.717, 1.165) is 5.56 Å². The molecule has 0 bridgehead atoms. The van der Waals surface area contributed by atoms with Crippen LogP contribution in [0.2, 0.25) is 0 Å². The summed E-state index contributed by atoms with van der Waals surface area (Å²) in [6, 6.07) is 9.54. The molecule has 0 saturated carbocycles. The van der Waals surface area contributed by atoms with Crippen LogP contribution in [-0.2, 0) is 15.5 Å². The molecular weight excluding hydrogens is 226 g/mol. The predicted molar refractivity (Wildman–Crippen MR) is 60.5 cm³/mol. The number of H-pyrrole nitrogens is 1. The van der Waals surface area contributed by atoms with Gasteiger partial charge in [-0.2, -0.15) is 9.58 Å². The Morgan fingerprint density at radius 1 is 1.38 bits per heavy atom. The highest BCUT2D eigenvalue weighted by Crippen LogP contribution is 2.10. The molecule has 2 rings (SSSR count). The van der Waals surface area contributed by atoms with E-state index in [2.05, 4.69) is 25.0 Å². The maximum Gasteiger partial charge on any atom is 0.297 e. The van der Waals surface area contributed by atoms with Crippen LogP contribution in [0.3, 0.4) is 0 Å². The van der Waals surface area contributed by atoms with E-state index in [1.54, 1.807) is 6.26 Å². The molecule has 2 aromatic rings. The van der Waals surface area contributed by atoms with Crippen molar-refractivity contribution < 1.29 is 4.21 Å². The molecule has 0 aliphatic carbocycles. The second kappa shape index (κ2) is 4.40. The summed E-state index contributed by atoms with van der Waals surface area (Å²) in [6.45, 7) is 0. The molecule has 1 unspecified atom stereocenters. The van der Waals surface area contributed by atoms with E-state index in [9.17, 15) is 4.21 Å². The first-order valence-corrected chi connectivity index (χ1v) is 6.72. The fourth-order valence-corrected chi connectivity index (χ4v) is 2.58. The third kappa shape index (κ3) is 2.86. The Labute approximate surface area is 93.3 Å². The SMILES string of the molecule is CS(=O)(Cc1ccccc1)=Nc1nn[nH]n1. The van der Waals surface area contributed by atoms with Gasteiger partial charge in [0.15, 0.2) is 0 Å². The number of nitrogens with zero attached hydrogens (tertiary/aromatic N) is 4. The monoisotopic (exact) mass is 237 g/mol. The lowest BCUT2D eigenvalue weighted by molar-refractivity contribution is 0.680. The first-order valence-electron chi connectivity index (χ1n) is 4.63. The summed E-state index contributed by atoms with van der Waals surface area (Å²) >= 11 is 0. The minimum Gasteiger partial charge on any atom is -0.249 e. The predicted octanol–water partition coefficient (Wildman–Crippen LogP) is 1.13. The standard InChI is InChI=1S/C9H11N5OS/c1-16(15,12-9-10-13-14-11-9)7-8-5-3-2-4-6-8/h2-6H,7H2,1H3,(H,10,11,13,14). The van der Waals surface area contributed by atoms with E-state index >= 15 is 0 Å². The van der Waals surface area contributed by atoms with Crippen LogP contribution in [-0.4, -0.2) is 31.1 Å². The van der Waals surface area contributed by atoms with Crippen molar-refractivity contribution in [3.63, 3.8) is 0 Å². The van der Waals surface area contributed by atoms with E-state index in [4.69, 9.17) is 0 Å². The molecule has 16 heavy (non-hydrogen) atoms. The summed E-state index contributed by atoms with van der Waals surface area (Å²) in [5, 5.41) is 12.9. The van der Waals surface area contributed by atoms with Crippen LogP contribution in [0.4, 0.5) is 5.95 Å². The van der Waals surface area contributed by atoms with Gasteiger partial charge < -0.3 is 0 Å². The number of rotatable bonds is 3. The highest BCUT2D eigenvalue weighted by Gasteiger charge is 2.05. The minimum atomic E-state index is -2.37. The molecule has 0 fully saturated rings. The van der Waals surface area contributed by atoms with Gasteiger partial charge >= 0.3 is 0 Å². The number of tetrazole rings is 1. The molecule has 1 atom stereocenters. The molecule has 1 aromatic carbocycles. The molecule has 0 saturated heterocycles. The quantitative estimate of drug-likeness (QED) is 0.867. The van der Waals surface area contributed by atoms with Crippen LogP contribution in [0.5, 0.6) is 0 Å². The molecule has 0 aliphatic heterocycles. The molecule has 0 spiro atoms. The van der Waals surface area contributed by atoms with Gasteiger partial charge in [-0.15, -0.1) is 5.10 Å². The Morgan fingerprint density at radius 2 is 2.12 bits per heavy atom. The molecular formula is C9H11N5OS. The van der Waals surface area contributed by atoms with Crippen molar-refractivity contribution in [3.8, 4) is 0 Å². The number of aromatic nitrogens is 4. The number of benzene rings is 1. The van der Waals surface area contributed by atoms with Crippen LogP contribution >= 0.6 is 0 Å². The second-order valence-electron chi connectivity index (χ2n) is 3.39. The molecule has 1 aromatic heterocycles. The van der Waals surface area contributed by atoms with Crippen LogP contribution in [0.1, 0.15) is 5.56 Å². The first kappa shape index (κ1) is 10.7. The van der Waals surface area contributed by atoms with Crippen molar-refractivity contribution >= 4 is 15.7 Å². The first-order chi connectivity index (χ1) is 7.66. The summed E-state index contributed by atoms with van der Waals surface area (Å²) in [4.78, 5) is 0. The van der Waals surface area contributed by atoms with E-state index < -0.39 is 9.73 Å². The summed E-state index contributed by atoms with van der Waals surface area (Å²) in [5.41, 5.74) is 0.974. The number of nitrogens with one attached hydrogen (secondary N) is 1. The fourth-order valence-electron chi connectivity index (χ4n) is 1.28. The minimum absolute atomic E-state index is 0.128. The van der Waals surface area contributed by atoms with Gasteiger partial charge in [0.25, 0.3) is 5.95 Å². The summed E-state index contributed by atoms with van der Waals surface area (Å²) in [5.74, 6) is 0.506. The van der Waals surface area contributed by atoms with E-state index in [-0.39, 0.29) is 5.95 Å². The zero-order valence-corrected chi connectivity index (χ0v) is 9.52. The highest BCUT2D eigenvalue weighted by atomic mass is 32.2. The molecule has 1 N–H and O–H groups in total. The van der Waals surface area contributed by atoms with Crippen molar-refractivity contribution in [1.29, 1.82) is 0 Å². The Hall–Kier alpha value is -1.76. The Bertz CT molecular complexity index is 557. The maximum atomic E-state index is 12.1. The van der Waals surface area contributed by atoms with Crippen molar-refractivity contribution in [1.82, 2.24) is 20.6 Å². The second-order valence-corrected chi connectivity index (χ2v) is 5.78. The van der Waals surface area contributed by atoms with Gasteiger partial charge in [-0.05, 0) is 10.8 Å². The lowest BCUT2D eigenvalue weighted by Gasteiger charge is -2.02. The lowest BCUT2D eigenvalue weighted by Crippen LogP contribution is -2.00. The maximum absolute atomic E-state index is 12.1. The topological polar surface area (TPSA) is 83.9 Å². The van der Waals surface area contributed by atoms with Crippen LogP contribution in [0.15, 0.2) is 34.7 Å². The molecule has 0 radical (unpaired) electrons. The molecule has 84 valence electrons. The van der Waals surface area contributed by atoms with Crippen LogP contribution < -0.4 is 0 Å². The van der Waals surface area contributed by atoms with Gasteiger partial charge in [-0.1, -0.05) is 35.4 Å². The largest absolute Gasteiger partial charge is 0.297 e. The van der Waals surface area contributed by atoms with Crippen LogP contribution in [0, 0.1) is 0 Å². The van der Waals surface area contributed by atoms with E-state index in [1.807, 2.05) is 30.3 Å². The van der Waals surface area contributed by atoms with Crippen molar-refractivity contribution in [2.24, 2.45) is 4.36 Å². The highest BCUT2D eigenvalue weighted by molar-refractivity contribution is 7.92. The van der Waals surface area contributed by atoms with Gasteiger partial charge in [0.05, 0.1) is 15.5 Å². The smallest absolute Gasteiger partial charge is 0.249 e. The third-order valence-corrected chi connectivity index (χ3v) is 3.30. The van der Waals surface area contributed by atoms with E-state index in [0.29, 0.717) is 5.75 Å². The number of hydrogen-bond acceptors (Lipinski definition) is 5. The zero-order valence-electron chi connectivity index (χ0n) is 8.70.